The van der Waals surface area contributed by atoms with E-state index >= 15 is 0 Å². The molecule has 3 nitrogen and oxygen atoms in total. The Labute approximate surface area is 120 Å². The summed E-state index contributed by atoms with van der Waals surface area (Å²) in [6, 6.07) is 15.8. The fourth-order valence-electron chi connectivity index (χ4n) is 2.07. The number of nitrogens with one attached hydrogen (secondary N) is 1. The van der Waals surface area contributed by atoms with Gasteiger partial charge in [-0.3, -0.25) is 4.79 Å². The zero-order valence-corrected chi connectivity index (χ0v) is 12.2. The van der Waals surface area contributed by atoms with Gasteiger partial charge < -0.3 is 10.2 Å². The molecule has 0 heterocycles. The maximum absolute atomic E-state index is 12.1. The van der Waals surface area contributed by atoms with Crippen LogP contribution in [0.5, 0.6) is 0 Å². The van der Waals surface area contributed by atoms with Crippen molar-refractivity contribution in [1.82, 2.24) is 0 Å². The number of para-hydroxylation sites is 1. The minimum Gasteiger partial charge on any atom is -0.365 e. The minimum atomic E-state index is -0.00921. The average Bonchev–Trinajstić information content (AvgIpc) is 2.45. The van der Waals surface area contributed by atoms with Crippen molar-refractivity contribution in [3.05, 3.63) is 59.7 Å². The molecule has 2 aromatic rings. The lowest BCUT2D eigenvalue weighted by Crippen LogP contribution is -2.30. The third kappa shape index (κ3) is 3.38. The Kier molecular flexibility index (Phi) is 4.41. The van der Waals surface area contributed by atoms with Gasteiger partial charge in [0.25, 0.3) is 0 Å². The van der Waals surface area contributed by atoms with E-state index in [-0.39, 0.29) is 5.91 Å². The number of nitrogens with zero attached hydrogens (tertiary/aromatic N) is 1. The molecular formula is C17H20N2O. The number of rotatable bonds is 4. The second kappa shape index (κ2) is 6.24. The first-order valence-corrected chi connectivity index (χ1v) is 6.70. The van der Waals surface area contributed by atoms with Crippen LogP contribution < -0.4 is 10.2 Å². The Morgan fingerprint density at radius 3 is 2.45 bits per heavy atom. The second-order valence-corrected chi connectivity index (χ2v) is 4.99. The molecule has 0 aliphatic heterocycles. The second-order valence-electron chi connectivity index (χ2n) is 4.99. The van der Waals surface area contributed by atoms with Gasteiger partial charge in [0.05, 0.1) is 6.54 Å². The van der Waals surface area contributed by atoms with Gasteiger partial charge in [-0.15, -0.1) is 0 Å². The summed E-state index contributed by atoms with van der Waals surface area (Å²) in [5.74, 6) is -0.00921. The highest BCUT2D eigenvalue weighted by atomic mass is 16.2. The Hall–Kier alpha value is -2.29. The van der Waals surface area contributed by atoms with Crippen LogP contribution in [0.15, 0.2) is 48.5 Å². The molecule has 0 aliphatic carbocycles. The molecule has 0 aliphatic rings. The third-order valence-corrected chi connectivity index (χ3v) is 3.46. The van der Waals surface area contributed by atoms with Crippen molar-refractivity contribution in [2.75, 3.05) is 23.8 Å². The molecule has 0 saturated heterocycles. The molecule has 3 heteroatoms. The third-order valence-electron chi connectivity index (χ3n) is 3.46. The van der Waals surface area contributed by atoms with Gasteiger partial charge in [0.2, 0.25) is 5.91 Å². The predicted octanol–water partition coefficient (Wildman–Crippen LogP) is 3.38. The highest BCUT2D eigenvalue weighted by molar-refractivity contribution is 5.94. The van der Waals surface area contributed by atoms with Crippen LogP contribution in [0.1, 0.15) is 11.1 Å². The summed E-state index contributed by atoms with van der Waals surface area (Å²) in [6.45, 7) is 4.39. The lowest BCUT2D eigenvalue weighted by molar-refractivity contribution is -0.114. The van der Waals surface area contributed by atoms with Gasteiger partial charge in [-0.25, -0.2) is 0 Å². The van der Waals surface area contributed by atoms with Crippen molar-refractivity contribution in [1.29, 1.82) is 0 Å². The largest absolute Gasteiger partial charge is 0.365 e. The SMILES string of the molecule is Cc1cccc(NC(=O)CN(C)c2ccccc2)c1C. The van der Waals surface area contributed by atoms with Crippen LogP contribution >= 0.6 is 0 Å². The van der Waals surface area contributed by atoms with Gasteiger partial charge >= 0.3 is 0 Å². The van der Waals surface area contributed by atoms with Gasteiger partial charge in [-0.1, -0.05) is 30.3 Å². The molecule has 104 valence electrons. The van der Waals surface area contributed by atoms with E-state index in [1.165, 1.54) is 5.56 Å². The molecule has 0 saturated carbocycles. The highest BCUT2D eigenvalue weighted by Gasteiger charge is 2.09. The summed E-state index contributed by atoms with van der Waals surface area (Å²) in [6.07, 6.45) is 0. The monoisotopic (exact) mass is 268 g/mol. The van der Waals surface area contributed by atoms with Crippen LogP contribution in [-0.2, 0) is 4.79 Å². The maximum Gasteiger partial charge on any atom is 0.243 e. The zero-order valence-electron chi connectivity index (χ0n) is 12.2. The summed E-state index contributed by atoms with van der Waals surface area (Å²) in [4.78, 5) is 14.0. The molecule has 2 aromatic carbocycles. The first kappa shape index (κ1) is 14.1. The Morgan fingerprint density at radius 1 is 1.05 bits per heavy atom. The van der Waals surface area contributed by atoms with E-state index in [9.17, 15) is 4.79 Å². The van der Waals surface area contributed by atoms with Crippen LogP contribution in [0.2, 0.25) is 0 Å². The molecule has 2 rings (SSSR count). The first-order chi connectivity index (χ1) is 9.58. The summed E-state index contributed by atoms with van der Waals surface area (Å²) < 4.78 is 0. The van der Waals surface area contributed by atoms with Gasteiger partial charge in [0.15, 0.2) is 0 Å². The standard InChI is InChI=1S/C17H20N2O/c1-13-8-7-11-16(14(13)2)18-17(20)12-19(3)15-9-5-4-6-10-15/h4-11H,12H2,1-3H3,(H,18,20). The van der Waals surface area contributed by atoms with Crippen molar-refractivity contribution in [3.63, 3.8) is 0 Å². The number of carbonyl (C=O) groups is 1. The quantitative estimate of drug-likeness (QED) is 0.922. The summed E-state index contributed by atoms with van der Waals surface area (Å²) in [7, 11) is 1.91. The summed E-state index contributed by atoms with van der Waals surface area (Å²) in [5, 5.41) is 2.97. The Bertz CT molecular complexity index is 593. The number of hydrogen-bond donors (Lipinski definition) is 1. The fourth-order valence-corrected chi connectivity index (χ4v) is 2.07. The molecule has 20 heavy (non-hydrogen) atoms. The smallest absolute Gasteiger partial charge is 0.243 e. The number of amides is 1. The highest BCUT2D eigenvalue weighted by Crippen LogP contribution is 2.18. The van der Waals surface area contributed by atoms with E-state index < -0.39 is 0 Å². The molecule has 0 atom stereocenters. The summed E-state index contributed by atoms with van der Waals surface area (Å²) >= 11 is 0. The van der Waals surface area contributed by atoms with Crippen LogP contribution in [0.4, 0.5) is 11.4 Å². The normalized spacial score (nSPS) is 10.2. The average molecular weight is 268 g/mol. The van der Waals surface area contributed by atoms with E-state index in [4.69, 9.17) is 0 Å². The van der Waals surface area contributed by atoms with Crippen molar-refractivity contribution < 1.29 is 4.79 Å². The van der Waals surface area contributed by atoms with E-state index in [0.29, 0.717) is 6.54 Å². The van der Waals surface area contributed by atoms with Gasteiger partial charge in [-0.2, -0.15) is 0 Å². The van der Waals surface area contributed by atoms with Crippen LogP contribution in [-0.4, -0.2) is 19.5 Å². The minimum absolute atomic E-state index is 0.00921. The lowest BCUT2D eigenvalue weighted by atomic mass is 10.1. The number of anilines is 2. The van der Waals surface area contributed by atoms with Crippen LogP contribution in [0, 0.1) is 13.8 Å². The van der Waals surface area contributed by atoms with E-state index in [1.54, 1.807) is 0 Å². The van der Waals surface area contributed by atoms with Crippen molar-refractivity contribution in [3.8, 4) is 0 Å². The van der Waals surface area contributed by atoms with Gasteiger partial charge in [-0.05, 0) is 43.2 Å². The Balaban J connectivity index is 2.01. The van der Waals surface area contributed by atoms with Crippen molar-refractivity contribution in [2.45, 2.75) is 13.8 Å². The predicted molar refractivity (Wildman–Crippen MR) is 84.3 cm³/mol. The number of likely N-dealkylation sites (N-methyl/N-ethyl adjacent to an activating group) is 1. The molecule has 0 bridgehead atoms. The zero-order chi connectivity index (χ0) is 14.5. The van der Waals surface area contributed by atoms with Crippen molar-refractivity contribution in [2.24, 2.45) is 0 Å². The van der Waals surface area contributed by atoms with Crippen LogP contribution in [0.3, 0.4) is 0 Å². The molecule has 0 aromatic heterocycles. The van der Waals surface area contributed by atoms with Crippen LogP contribution in [0.25, 0.3) is 0 Å². The van der Waals surface area contributed by atoms with Gasteiger partial charge in [0, 0.05) is 18.4 Å². The van der Waals surface area contributed by atoms with E-state index in [2.05, 4.69) is 5.32 Å². The molecule has 0 fully saturated rings. The number of hydrogen-bond acceptors (Lipinski definition) is 2. The molecular weight excluding hydrogens is 248 g/mol. The first-order valence-electron chi connectivity index (χ1n) is 6.70. The molecule has 1 N–H and O–H groups in total. The summed E-state index contributed by atoms with van der Waals surface area (Å²) in [5.41, 5.74) is 4.21. The molecule has 0 radical (unpaired) electrons. The number of carbonyl (C=O) groups excluding carboxylic acids is 1. The number of aryl methyl sites for hydroxylation is 1. The van der Waals surface area contributed by atoms with E-state index in [1.807, 2.05) is 74.3 Å². The van der Waals surface area contributed by atoms with Crippen molar-refractivity contribution >= 4 is 17.3 Å². The van der Waals surface area contributed by atoms with Gasteiger partial charge in [0.1, 0.15) is 0 Å². The lowest BCUT2D eigenvalue weighted by Gasteiger charge is -2.19. The van der Waals surface area contributed by atoms with E-state index in [0.717, 1.165) is 16.9 Å². The number of benzene rings is 2. The maximum atomic E-state index is 12.1. The topological polar surface area (TPSA) is 32.3 Å². The fraction of sp³-hybridized carbons (Fsp3) is 0.235. The molecule has 0 unspecified atom stereocenters. The molecule has 0 spiro atoms. The Morgan fingerprint density at radius 2 is 1.75 bits per heavy atom. The molecule has 1 amide bonds.